The van der Waals surface area contributed by atoms with Crippen molar-refractivity contribution >= 4 is 25.7 Å². The summed E-state index contributed by atoms with van der Waals surface area (Å²) in [6, 6.07) is 0. The van der Waals surface area contributed by atoms with Crippen LogP contribution in [0, 0.1) is 0 Å². The molecule has 0 spiro atoms. The van der Waals surface area contributed by atoms with Crippen molar-refractivity contribution in [3.8, 4) is 0 Å². The molecule has 0 aromatic heterocycles. The third kappa shape index (κ3) is 37.3. The standard InChI is InChI=1S/C72H129O24P/c1-4-7-10-13-16-19-22-25-27-29-32-34-37-40-43-46-56(74)88-50-53(91-58(76)48-45-42-39-36-31-24-21-18-15-12-9-6-3)51-90-97(86,87)96-70-68(94-71-66(84)61(79)59(77)54(49-73)92-71)64(82)63(81)65(83)69(70)95-72-67(85)62(80)60(78)55(93-72)52-89-57(75)47-44-41-38-35-33-30-28-26-23-20-17-14-11-8-5-2/h19,22,38,41,44,47,53-55,59-73,77-85H,4-18,20-21,23-37,39-40,42-43,45-46,48-52H2,1-3H3,(H,86,87)/b22-19-,41-38+,47-44+. The molecule has 3 rings (SSSR count). The van der Waals surface area contributed by atoms with Crippen molar-refractivity contribution in [3.05, 3.63) is 36.5 Å². The maximum Gasteiger partial charge on any atom is 0.472 e. The molecule has 0 aromatic rings. The number of allylic oxidation sites excluding steroid dienone is 5. The Labute approximate surface area is 578 Å². The van der Waals surface area contributed by atoms with E-state index in [2.05, 4.69) is 32.9 Å². The maximum atomic E-state index is 14.3. The highest BCUT2D eigenvalue weighted by Crippen LogP contribution is 2.49. The first-order chi connectivity index (χ1) is 46.8. The van der Waals surface area contributed by atoms with E-state index in [0.717, 1.165) is 115 Å². The fourth-order valence-corrected chi connectivity index (χ4v) is 13.1. The molecule has 0 bridgehead atoms. The molecule has 2 heterocycles. The van der Waals surface area contributed by atoms with Crippen molar-refractivity contribution in [2.45, 2.75) is 375 Å². The first-order valence-electron chi connectivity index (χ1n) is 37.3. The minimum atomic E-state index is -5.70. The fourth-order valence-electron chi connectivity index (χ4n) is 12.1. The topological polar surface area (TPSA) is 374 Å². The Hall–Kier alpha value is -2.82. The van der Waals surface area contributed by atoms with E-state index in [1.165, 1.54) is 122 Å². The summed E-state index contributed by atoms with van der Waals surface area (Å²) in [7, 11) is -5.70. The van der Waals surface area contributed by atoms with E-state index < -0.39 is 156 Å². The molecule has 25 heteroatoms. The number of carbonyl (C=O) groups excluding carboxylic acids is 3. The predicted octanol–water partition coefficient (Wildman–Crippen LogP) is 9.90. The van der Waals surface area contributed by atoms with Crippen LogP contribution in [-0.4, -0.2) is 204 Å². The van der Waals surface area contributed by atoms with Crippen LogP contribution in [-0.2, 0) is 61.2 Å². The van der Waals surface area contributed by atoms with Crippen molar-refractivity contribution in [2.75, 3.05) is 26.4 Å². The third-order valence-corrected chi connectivity index (χ3v) is 19.2. The van der Waals surface area contributed by atoms with E-state index in [4.69, 9.17) is 42.2 Å². The zero-order chi connectivity index (χ0) is 71.1. The number of carbonyl (C=O) groups is 3. The minimum Gasteiger partial charge on any atom is -0.462 e. The number of phosphoric ester groups is 1. The summed E-state index contributed by atoms with van der Waals surface area (Å²) in [4.78, 5) is 50.8. The van der Waals surface area contributed by atoms with E-state index in [-0.39, 0.29) is 12.8 Å². The number of esters is 3. The van der Waals surface area contributed by atoms with Crippen molar-refractivity contribution in [1.82, 2.24) is 0 Å². The molecule has 2 saturated heterocycles. The van der Waals surface area contributed by atoms with Gasteiger partial charge in [0.25, 0.3) is 0 Å². The molecule has 97 heavy (non-hydrogen) atoms. The average molecular weight is 1410 g/mol. The summed E-state index contributed by atoms with van der Waals surface area (Å²) in [5, 5.41) is 110. The van der Waals surface area contributed by atoms with Crippen LogP contribution < -0.4 is 0 Å². The highest BCUT2D eigenvalue weighted by molar-refractivity contribution is 7.47. The molecule has 1 aliphatic carbocycles. The third-order valence-electron chi connectivity index (χ3n) is 18.2. The summed E-state index contributed by atoms with van der Waals surface area (Å²) in [5.41, 5.74) is 0. The molecule has 566 valence electrons. The van der Waals surface area contributed by atoms with Crippen molar-refractivity contribution in [1.29, 1.82) is 0 Å². The van der Waals surface area contributed by atoms with Crippen molar-refractivity contribution < 1.29 is 117 Å². The maximum absolute atomic E-state index is 14.3. The molecular formula is C72H129O24P. The van der Waals surface area contributed by atoms with Crippen LogP contribution in [0.5, 0.6) is 0 Å². The van der Waals surface area contributed by atoms with Crippen LogP contribution in [0.4, 0.5) is 0 Å². The van der Waals surface area contributed by atoms with Crippen molar-refractivity contribution in [2.24, 2.45) is 0 Å². The number of phosphoric acid groups is 1. The second-order valence-electron chi connectivity index (χ2n) is 26.7. The van der Waals surface area contributed by atoms with E-state index in [0.29, 0.717) is 12.8 Å². The first-order valence-corrected chi connectivity index (χ1v) is 38.8. The lowest BCUT2D eigenvalue weighted by Crippen LogP contribution is -2.69. The lowest BCUT2D eigenvalue weighted by molar-refractivity contribution is -0.360. The smallest absolute Gasteiger partial charge is 0.462 e. The number of aliphatic hydroxyl groups excluding tert-OH is 10. The van der Waals surface area contributed by atoms with Gasteiger partial charge in [-0.1, -0.05) is 237 Å². The van der Waals surface area contributed by atoms with Gasteiger partial charge in [0.05, 0.1) is 13.2 Å². The fraction of sp³-hybridized carbons (Fsp3) is 0.875. The summed E-state index contributed by atoms with van der Waals surface area (Å²) in [5.74, 6) is -2.23. The summed E-state index contributed by atoms with van der Waals surface area (Å²) in [6.07, 6.45) is 15.6. The second-order valence-corrected chi connectivity index (χ2v) is 28.1. The lowest BCUT2D eigenvalue weighted by atomic mass is 9.84. The average Bonchev–Trinajstić information content (AvgIpc) is 0.763. The zero-order valence-electron chi connectivity index (χ0n) is 58.9. The van der Waals surface area contributed by atoms with Gasteiger partial charge >= 0.3 is 25.7 Å². The number of ether oxygens (including phenoxy) is 7. The van der Waals surface area contributed by atoms with E-state index in [1.807, 2.05) is 6.08 Å². The number of aliphatic hydroxyl groups is 10. The molecule has 0 aromatic carbocycles. The van der Waals surface area contributed by atoms with Crippen LogP contribution in [0.25, 0.3) is 0 Å². The van der Waals surface area contributed by atoms with E-state index in [1.54, 1.807) is 6.08 Å². The molecule has 0 amide bonds. The van der Waals surface area contributed by atoms with Gasteiger partial charge in [0.2, 0.25) is 0 Å². The second kappa shape index (κ2) is 53.9. The Balaban J connectivity index is 1.75. The molecule has 24 nitrogen and oxygen atoms in total. The van der Waals surface area contributed by atoms with Crippen LogP contribution in [0.1, 0.15) is 271 Å². The molecule has 18 unspecified atom stereocenters. The first kappa shape index (κ1) is 88.4. The van der Waals surface area contributed by atoms with Gasteiger partial charge in [-0.15, -0.1) is 0 Å². The lowest BCUT2D eigenvalue weighted by Gasteiger charge is -2.49. The van der Waals surface area contributed by atoms with Gasteiger partial charge < -0.3 is 89.1 Å². The van der Waals surface area contributed by atoms with Gasteiger partial charge in [0.1, 0.15) is 98.7 Å². The monoisotopic (exact) mass is 1410 g/mol. The van der Waals surface area contributed by atoms with E-state index >= 15 is 0 Å². The van der Waals surface area contributed by atoms with Gasteiger partial charge in [0, 0.05) is 18.9 Å². The summed E-state index contributed by atoms with van der Waals surface area (Å²) < 4.78 is 64.8. The molecule has 3 fully saturated rings. The zero-order valence-corrected chi connectivity index (χ0v) is 59.8. The number of rotatable bonds is 57. The van der Waals surface area contributed by atoms with Gasteiger partial charge in [-0.2, -0.15) is 0 Å². The Morgan fingerprint density at radius 2 is 0.804 bits per heavy atom. The quantitative estimate of drug-likeness (QED) is 0.00513. The van der Waals surface area contributed by atoms with Gasteiger partial charge in [0.15, 0.2) is 18.7 Å². The summed E-state index contributed by atoms with van der Waals surface area (Å²) in [6.45, 7) is 3.33. The Bertz CT molecular complexity index is 2150. The normalized spacial score (nSPS) is 28.0. The van der Waals surface area contributed by atoms with Crippen LogP contribution >= 0.6 is 7.82 Å². The van der Waals surface area contributed by atoms with Gasteiger partial charge in [-0.05, 0) is 51.4 Å². The number of unbranched alkanes of at least 4 members (excludes halogenated alkanes) is 33. The molecular weight excluding hydrogens is 1280 g/mol. The van der Waals surface area contributed by atoms with Gasteiger partial charge in [-0.25, -0.2) is 9.36 Å². The molecule has 18 atom stereocenters. The van der Waals surface area contributed by atoms with Crippen molar-refractivity contribution in [3.63, 3.8) is 0 Å². The van der Waals surface area contributed by atoms with E-state index in [9.17, 15) is 74.9 Å². The van der Waals surface area contributed by atoms with Crippen LogP contribution in [0.15, 0.2) is 36.5 Å². The molecule has 3 aliphatic rings. The molecule has 1 saturated carbocycles. The largest absolute Gasteiger partial charge is 0.472 e. The molecule has 0 radical (unpaired) electrons. The van der Waals surface area contributed by atoms with Crippen LogP contribution in [0.2, 0.25) is 0 Å². The Kier molecular flexibility index (Phi) is 49.1. The predicted molar refractivity (Wildman–Crippen MR) is 365 cm³/mol. The van der Waals surface area contributed by atoms with Gasteiger partial charge in [-0.3, -0.25) is 18.6 Å². The minimum absolute atomic E-state index is 0.0382. The Morgan fingerprint density at radius 1 is 0.423 bits per heavy atom. The highest BCUT2D eigenvalue weighted by atomic mass is 31.2. The SMILES string of the molecule is CCCCCC/C=C\CCCCCCCCCC(=O)OCC(COP(=O)(O)OC1C(OC2OC(CO)C(O)C(O)C2O)C(O)C(O)C(O)C1OC1OC(COC(=O)/C=C/C=C/CCCCCCCCCCCCC)C(O)C(O)C1O)OC(=O)CCCCCCCCCCCCCC. The molecule has 11 N–H and O–H groups in total. The number of hydrogen-bond donors (Lipinski definition) is 11. The Morgan fingerprint density at radius 3 is 1.26 bits per heavy atom. The molecule has 2 aliphatic heterocycles. The summed E-state index contributed by atoms with van der Waals surface area (Å²) >= 11 is 0. The number of hydrogen-bond acceptors (Lipinski definition) is 23. The van der Waals surface area contributed by atoms with Crippen LogP contribution in [0.3, 0.4) is 0 Å². The highest BCUT2D eigenvalue weighted by Gasteiger charge is 2.58.